The molecule has 100 valence electrons. The zero-order valence-electron chi connectivity index (χ0n) is 10.3. The Morgan fingerprint density at radius 3 is 2.89 bits per heavy atom. The molecule has 0 atom stereocenters. The van der Waals surface area contributed by atoms with Crippen LogP contribution in [0.4, 0.5) is 0 Å². The lowest BCUT2D eigenvalue weighted by atomic mass is 10.2. The second-order valence-corrected chi connectivity index (χ2v) is 4.56. The van der Waals surface area contributed by atoms with Gasteiger partial charge in [-0.05, 0) is 35.0 Å². The lowest BCUT2D eigenvalue weighted by Gasteiger charge is -2.13. The molecular weight excluding hydrogens is 314 g/mol. The Morgan fingerprint density at radius 1 is 1.42 bits per heavy atom. The maximum absolute atomic E-state index is 10.8. The molecule has 2 aromatic rings. The predicted molar refractivity (Wildman–Crippen MR) is 71.5 cm³/mol. The van der Waals surface area contributed by atoms with Crippen LogP contribution in [0.2, 0.25) is 0 Å². The zero-order chi connectivity index (χ0) is 13.7. The summed E-state index contributed by atoms with van der Waals surface area (Å²) in [5.74, 6) is 1.07. The van der Waals surface area contributed by atoms with Crippen molar-refractivity contribution in [3.05, 3.63) is 40.2 Å². The molecule has 19 heavy (non-hydrogen) atoms. The van der Waals surface area contributed by atoms with Crippen LogP contribution in [0, 0.1) is 0 Å². The highest BCUT2D eigenvalue weighted by Gasteiger charge is 2.12. The molecule has 0 saturated heterocycles. The molecule has 6 heteroatoms. The molecule has 0 unspecified atom stereocenters. The first-order valence-electron chi connectivity index (χ1n) is 5.67. The fourth-order valence-corrected chi connectivity index (χ4v) is 2.09. The van der Waals surface area contributed by atoms with Gasteiger partial charge in [0.15, 0.2) is 11.5 Å². The molecule has 0 spiro atoms. The van der Waals surface area contributed by atoms with Crippen molar-refractivity contribution in [3.8, 4) is 11.5 Å². The number of ether oxygens (including phenoxy) is 2. The monoisotopic (exact) mass is 325 g/mol. The normalized spacial score (nSPS) is 10.2. The third kappa shape index (κ3) is 3.35. The Balaban J connectivity index is 2.24. The van der Waals surface area contributed by atoms with Gasteiger partial charge in [0.05, 0.1) is 17.3 Å². The van der Waals surface area contributed by atoms with Crippen molar-refractivity contribution >= 4 is 22.2 Å². The van der Waals surface area contributed by atoms with E-state index in [1.807, 2.05) is 6.92 Å². The average molecular weight is 326 g/mol. The van der Waals surface area contributed by atoms with Gasteiger partial charge in [-0.3, -0.25) is 4.79 Å². The Labute approximate surface area is 118 Å². The first-order valence-corrected chi connectivity index (χ1v) is 6.46. The number of aromatic nitrogens is 1. The second-order valence-electron chi connectivity index (χ2n) is 3.70. The van der Waals surface area contributed by atoms with Gasteiger partial charge >= 0.3 is 0 Å². The Morgan fingerprint density at radius 2 is 2.26 bits per heavy atom. The topological polar surface area (TPSA) is 61.6 Å². The molecule has 0 aliphatic heterocycles. The number of rotatable bonds is 6. The highest BCUT2D eigenvalue weighted by molar-refractivity contribution is 9.10. The summed E-state index contributed by atoms with van der Waals surface area (Å²) in [5, 5.41) is 3.60. The van der Waals surface area contributed by atoms with Gasteiger partial charge in [0.2, 0.25) is 0 Å². The smallest absolute Gasteiger partial charge is 0.175 e. The number of aldehydes is 1. The average Bonchev–Trinajstić information content (AvgIpc) is 2.91. The van der Waals surface area contributed by atoms with E-state index in [2.05, 4.69) is 21.1 Å². The maximum atomic E-state index is 10.8. The van der Waals surface area contributed by atoms with Crippen molar-refractivity contribution < 1.29 is 18.8 Å². The van der Waals surface area contributed by atoms with Crippen molar-refractivity contribution in [3.63, 3.8) is 0 Å². The fraction of sp³-hybridized carbons (Fsp3) is 0.231. The first kappa shape index (κ1) is 13.6. The Hall–Kier alpha value is -1.82. The third-order valence-corrected chi connectivity index (χ3v) is 2.92. The van der Waals surface area contributed by atoms with Gasteiger partial charge < -0.3 is 14.0 Å². The van der Waals surface area contributed by atoms with Gasteiger partial charge in [0.25, 0.3) is 0 Å². The Bertz CT molecular complexity index is 554. The van der Waals surface area contributed by atoms with E-state index in [0.717, 1.165) is 11.8 Å². The third-order valence-electron chi connectivity index (χ3n) is 2.33. The Kier molecular flexibility index (Phi) is 4.57. The van der Waals surface area contributed by atoms with Crippen LogP contribution in [0.25, 0.3) is 0 Å². The van der Waals surface area contributed by atoms with Crippen LogP contribution in [0.3, 0.4) is 0 Å². The summed E-state index contributed by atoms with van der Waals surface area (Å²) in [6.07, 6.45) is 3.85. The summed E-state index contributed by atoms with van der Waals surface area (Å²) in [5.41, 5.74) is 1.33. The quantitative estimate of drug-likeness (QED) is 0.763. The first-order chi connectivity index (χ1) is 9.24. The SMILES string of the molecule is CCOc1cc(C=O)cc(Br)c1OCc1cnoc1. The molecule has 1 aromatic heterocycles. The van der Waals surface area contributed by atoms with Gasteiger partial charge in [-0.2, -0.15) is 0 Å². The number of halogens is 1. The van der Waals surface area contributed by atoms with Crippen LogP contribution in [-0.4, -0.2) is 18.0 Å². The fourth-order valence-electron chi connectivity index (χ4n) is 1.51. The molecule has 0 aliphatic carbocycles. The van der Waals surface area contributed by atoms with E-state index in [1.54, 1.807) is 18.3 Å². The minimum Gasteiger partial charge on any atom is -0.490 e. The van der Waals surface area contributed by atoms with Crippen molar-refractivity contribution in [2.24, 2.45) is 0 Å². The van der Waals surface area contributed by atoms with Crippen molar-refractivity contribution in [1.82, 2.24) is 5.16 Å². The minimum absolute atomic E-state index is 0.308. The summed E-state index contributed by atoms with van der Waals surface area (Å²) < 4.78 is 16.5. The molecule has 0 radical (unpaired) electrons. The molecule has 0 amide bonds. The number of hydrogen-bond donors (Lipinski definition) is 0. The van der Waals surface area contributed by atoms with Crippen LogP contribution in [0.5, 0.6) is 11.5 Å². The second kappa shape index (κ2) is 6.38. The standard InChI is InChI=1S/C13H12BrNO4/c1-2-17-12-4-9(6-16)3-11(14)13(12)18-7-10-5-15-19-8-10/h3-6,8H,2,7H2,1H3. The zero-order valence-corrected chi connectivity index (χ0v) is 11.8. The summed E-state index contributed by atoms with van der Waals surface area (Å²) in [6.45, 7) is 2.66. The van der Waals surface area contributed by atoms with Crippen molar-refractivity contribution in [1.29, 1.82) is 0 Å². The highest BCUT2D eigenvalue weighted by atomic mass is 79.9. The lowest BCUT2D eigenvalue weighted by molar-refractivity contribution is 0.112. The number of carbonyl (C=O) groups excluding carboxylic acids is 1. The molecule has 0 N–H and O–H groups in total. The van der Waals surface area contributed by atoms with Crippen LogP contribution < -0.4 is 9.47 Å². The lowest BCUT2D eigenvalue weighted by Crippen LogP contribution is -2.01. The molecule has 1 heterocycles. The summed E-state index contributed by atoms with van der Waals surface area (Å²) >= 11 is 3.37. The molecule has 0 aliphatic rings. The molecule has 2 rings (SSSR count). The molecule has 0 fully saturated rings. The van der Waals surface area contributed by atoms with Crippen LogP contribution >= 0.6 is 15.9 Å². The van der Waals surface area contributed by atoms with Crippen LogP contribution in [-0.2, 0) is 6.61 Å². The number of carbonyl (C=O) groups is 1. The largest absolute Gasteiger partial charge is 0.490 e. The molecule has 1 aromatic carbocycles. The van der Waals surface area contributed by atoms with Crippen LogP contribution in [0.15, 0.2) is 33.6 Å². The maximum Gasteiger partial charge on any atom is 0.175 e. The van der Waals surface area contributed by atoms with Crippen molar-refractivity contribution in [2.45, 2.75) is 13.5 Å². The van der Waals surface area contributed by atoms with E-state index in [0.29, 0.717) is 34.7 Å². The van der Waals surface area contributed by atoms with E-state index >= 15 is 0 Å². The van der Waals surface area contributed by atoms with Gasteiger partial charge in [0, 0.05) is 11.1 Å². The van der Waals surface area contributed by atoms with E-state index in [9.17, 15) is 4.79 Å². The summed E-state index contributed by atoms with van der Waals surface area (Å²) in [7, 11) is 0. The number of hydrogen-bond acceptors (Lipinski definition) is 5. The highest BCUT2D eigenvalue weighted by Crippen LogP contribution is 2.37. The molecular formula is C13H12BrNO4. The predicted octanol–water partition coefficient (Wildman–Crippen LogP) is 3.23. The number of nitrogens with zero attached hydrogens (tertiary/aromatic N) is 1. The molecule has 0 bridgehead atoms. The van der Waals surface area contributed by atoms with E-state index in [1.165, 1.54) is 6.26 Å². The van der Waals surface area contributed by atoms with Gasteiger partial charge in [-0.1, -0.05) is 5.16 Å². The molecule has 0 saturated carbocycles. The molecule has 5 nitrogen and oxygen atoms in total. The summed E-state index contributed by atoms with van der Waals surface area (Å²) in [4.78, 5) is 10.8. The van der Waals surface area contributed by atoms with E-state index in [4.69, 9.17) is 14.0 Å². The van der Waals surface area contributed by atoms with Crippen molar-refractivity contribution in [2.75, 3.05) is 6.61 Å². The van der Waals surface area contributed by atoms with E-state index in [-0.39, 0.29) is 0 Å². The summed E-state index contributed by atoms with van der Waals surface area (Å²) in [6, 6.07) is 3.32. The van der Waals surface area contributed by atoms with E-state index < -0.39 is 0 Å². The minimum atomic E-state index is 0.308. The van der Waals surface area contributed by atoms with Gasteiger partial charge in [-0.15, -0.1) is 0 Å². The van der Waals surface area contributed by atoms with Gasteiger partial charge in [-0.25, -0.2) is 0 Å². The number of benzene rings is 1. The van der Waals surface area contributed by atoms with Crippen LogP contribution in [0.1, 0.15) is 22.8 Å². The van der Waals surface area contributed by atoms with Gasteiger partial charge in [0.1, 0.15) is 19.2 Å².